The molecule has 1 aromatic heterocycles. The van der Waals surface area contributed by atoms with Crippen LogP contribution in [0.25, 0.3) is 0 Å². The summed E-state index contributed by atoms with van der Waals surface area (Å²) >= 11 is 0. The maximum Gasteiger partial charge on any atom is 0.227 e. The van der Waals surface area contributed by atoms with Gasteiger partial charge < -0.3 is 19.3 Å². The zero-order valence-electron chi connectivity index (χ0n) is 11.4. The first-order valence-corrected chi connectivity index (χ1v) is 6.50. The smallest absolute Gasteiger partial charge is 0.227 e. The predicted octanol–water partition coefficient (Wildman–Crippen LogP) is 0.301. The van der Waals surface area contributed by atoms with Gasteiger partial charge in [-0.15, -0.1) is 0 Å². The molecule has 2 rings (SSSR count). The van der Waals surface area contributed by atoms with Gasteiger partial charge in [-0.1, -0.05) is 5.16 Å². The molecule has 1 saturated heterocycles. The van der Waals surface area contributed by atoms with Crippen LogP contribution in [0.2, 0.25) is 0 Å². The van der Waals surface area contributed by atoms with Crippen LogP contribution in [-0.2, 0) is 16.0 Å². The fourth-order valence-corrected chi connectivity index (χ4v) is 2.23. The molecule has 106 valence electrons. The summed E-state index contributed by atoms with van der Waals surface area (Å²) < 4.78 is 10.4. The molecule has 6 heteroatoms. The first-order valence-electron chi connectivity index (χ1n) is 6.50. The molecule has 0 bridgehead atoms. The molecular formula is C13H20N2O4. The van der Waals surface area contributed by atoms with E-state index in [1.807, 2.05) is 13.8 Å². The van der Waals surface area contributed by atoms with Crippen LogP contribution in [0.4, 0.5) is 0 Å². The summed E-state index contributed by atoms with van der Waals surface area (Å²) in [4.78, 5) is 14.1. The van der Waals surface area contributed by atoms with Gasteiger partial charge in [0.2, 0.25) is 5.91 Å². The summed E-state index contributed by atoms with van der Waals surface area (Å²) in [6.07, 6.45) is 0.291. The molecule has 0 radical (unpaired) electrons. The number of hydrogen-bond donors (Lipinski definition) is 1. The topological polar surface area (TPSA) is 75.8 Å². The second-order valence-electron chi connectivity index (χ2n) is 4.94. The number of nitrogens with zero attached hydrogens (tertiary/aromatic N) is 2. The third kappa shape index (κ3) is 3.33. The number of carbonyl (C=O) groups is 1. The van der Waals surface area contributed by atoms with Crippen LogP contribution in [0.1, 0.15) is 17.0 Å². The van der Waals surface area contributed by atoms with E-state index in [4.69, 9.17) is 9.26 Å². The lowest BCUT2D eigenvalue weighted by molar-refractivity contribution is -0.131. The Morgan fingerprint density at radius 1 is 1.53 bits per heavy atom. The number of amides is 1. The fraction of sp³-hybridized carbons (Fsp3) is 0.692. The van der Waals surface area contributed by atoms with E-state index in [1.54, 1.807) is 4.90 Å². The second kappa shape index (κ2) is 6.16. The molecule has 1 aliphatic heterocycles. The summed E-state index contributed by atoms with van der Waals surface area (Å²) in [6, 6.07) is 0. The Morgan fingerprint density at radius 2 is 2.32 bits per heavy atom. The first kappa shape index (κ1) is 14.0. The number of hydrogen-bond acceptors (Lipinski definition) is 5. The Morgan fingerprint density at radius 3 is 2.95 bits per heavy atom. The zero-order valence-corrected chi connectivity index (χ0v) is 11.4. The van der Waals surface area contributed by atoms with Crippen molar-refractivity contribution in [1.29, 1.82) is 0 Å². The lowest BCUT2D eigenvalue weighted by Crippen LogP contribution is -2.37. The van der Waals surface area contributed by atoms with E-state index in [9.17, 15) is 9.90 Å². The number of aromatic nitrogens is 1. The maximum absolute atomic E-state index is 12.3. The highest BCUT2D eigenvalue weighted by atomic mass is 16.5. The molecule has 1 amide bonds. The van der Waals surface area contributed by atoms with E-state index in [1.165, 1.54) is 0 Å². The Hall–Kier alpha value is -1.40. The van der Waals surface area contributed by atoms with Crippen molar-refractivity contribution in [2.75, 3.05) is 32.9 Å². The van der Waals surface area contributed by atoms with Crippen molar-refractivity contribution >= 4 is 5.91 Å². The third-order valence-corrected chi connectivity index (χ3v) is 3.46. The fourth-order valence-electron chi connectivity index (χ4n) is 2.23. The molecule has 6 nitrogen and oxygen atoms in total. The summed E-state index contributed by atoms with van der Waals surface area (Å²) in [7, 11) is 0. The van der Waals surface area contributed by atoms with Gasteiger partial charge in [0.1, 0.15) is 5.76 Å². The van der Waals surface area contributed by atoms with Gasteiger partial charge in [0.25, 0.3) is 0 Å². The van der Waals surface area contributed by atoms with Gasteiger partial charge in [-0.25, -0.2) is 0 Å². The molecule has 0 saturated carbocycles. The van der Waals surface area contributed by atoms with Gasteiger partial charge in [0.15, 0.2) is 0 Å². The SMILES string of the molecule is Cc1noc(C)c1CC(=O)N1CCOCC(CO)C1. The van der Waals surface area contributed by atoms with Crippen molar-refractivity contribution in [2.24, 2.45) is 5.92 Å². The quantitative estimate of drug-likeness (QED) is 0.853. The van der Waals surface area contributed by atoms with Crippen LogP contribution in [-0.4, -0.2) is 54.0 Å². The molecule has 1 unspecified atom stereocenters. The minimum Gasteiger partial charge on any atom is -0.396 e. The minimum atomic E-state index is -0.00359. The normalized spacial score (nSPS) is 20.4. The van der Waals surface area contributed by atoms with Gasteiger partial charge in [-0.2, -0.15) is 0 Å². The van der Waals surface area contributed by atoms with Gasteiger partial charge in [-0.05, 0) is 13.8 Å². The highest BCUT2D eigenvalue weighted by Crippen LogP contribution is 2.15. The maximum atomic E-state index is 12.3. The van der Waals surface area contributed by atoms with E-state index in [0.29, 0.717) is 38.5 Å². The standard InChI is InChI=1S/C13H20N2O4/c1-9-12(10(2)19-14-9)5-13(17)15-3-4-18-8-11(6-15)7-16/h11,16H,3-8H2,1-2H3. The van der Waals surface area contributed by atoms with E-state index in [0.717, 1.165) is 11.3 Å². The van der Waals surface area contributed by atoms with Crippen molar-refractivity contribution in [1.82, 2.24) is 10.1 Å². The van der Waals surface area contributed by atoms with Crippen LogP contribution in [0.15, 0.2) is 4.52 Å². The highest BCUT2D eigenvalue weighted by Gasteiger charge is 2.23. The Kier molecular flexibility index (Phi) is 4.55. The Labute approximate surface area is 112 Å². The lowest BCUT2D eigenvalue weighted by atomic mass is 10.1. The highest BCUT2D eigenvalue weighted by molar-refractivity contribution is 5.79. The molecule has 0 aliphatic carbocycles. The molecule has 1 fully saturated rings. The van der Waals surface area contributed by atoms with Crippen molar-refractivity contribution < 1.29 is 19.2 Å². The minimum absolute atomic E-state index is 0.00359. The van der Waals surface area contributed by atoms with Crippen LogP contribution in [0, 0.1) is 19.8 Å². The molecule has 1 atom stereocenters. The average Bonchev–Trinajstić information content (AvgIpc) is 2.62. The number of rotatable bonds is 3. The van der Waals surface area contributed by atoms with E-state index < -0.39 is 0 Å². The van der Waals surface area contributed by atoms with E-state index in [-0.39, 0.29) is 18.4 Å². The number of aryl methyl sites for hydroxylation is 2. The molecule has 0 spiro atoms. The van der Waals surface area contributed by atoms with Crippen molar-refractivity contribution in [3.63, 3.8) is 0 Å². The van der Waals surface area contributed by atoms with E-state index >= 15 is 0 Å². The van der Waals surface area contributed by atoms with Crippen LogP contribution >= 0.6 is 0 Å². The average molecular weight is 268 g/mol. The van der Waals surface area contributed by atoms with Crippen molar-refractivity contribution in [3.8, 4) is 0 Å². The predicted molar refractivity (Wildman–Crippen MR) is 67.7 cm³/mol. The third-order valence-electron chi connectivity index (χ3n) is 3.46. The summed E-state index contributed by atoms with van der Waals surface area (Å²) in [6.45, 7) is 5.81. The van der Waals surface area contributed by atoms with Crippen molar-refractivity contribution in [2.45, 2.75) is 20.3 Å². The lowest BCUT2D eigenvalue weighted by Gasteiger charge is -2.22. The van der Waals surface area contributed by atoms with E-state index in [2.05, 4.69) is 5.16 Å². The van der Waals surface area contributed by atoms with Gasteiger partial charge >= 0.3 is 0 Å². The first-order chi connectivity index (χ1) is 9.11. The summed E-state index contributed by atoms with van der Waals surface area (Å²) in [5, 5.41) is 13.1. The molecular weight excluding hydrogens is 248 g/mol. The number of ether oxygens (including phenoxy) is 1. The summed E-state index contributed by atoms with van der Waals surface area (Å²) in [5.74, 6) is 0.713. The molecule has 2 heterocycles. The van der Waals surface area contributed by atoms with Crippen molar-refractivity contribution in [3.05, 3.63) is 17.0 Å². The molecule has 1 aromatic rings. The number of aliphatic hydroxyl groups excluding tert-OH is 1. The van der Waals surface area contributed by atoms with Gasteiger partial charge in [0.05, 0.1) is 25.3 Å². The number of carbonyl (C=O) groups excluding carboxylic acids is 1. The molecule has 1 aliphatic rings. The Balaban J connectivity index is 2.02. The second-order valence-corrected chi connectivity index (χ2v) is 4.94. The van der Waals surface area contributed by atoms with Crippen LogP contribution in [0.3, 0.4) is 0 Å². The van der Waals surface area contributed by atoms with Gasteiger partial charge in [0, 0.05) is 31.2 Å². The zero-order chi connectivity index (χ0) is 13.8. The molecule has 1 N–H and O–H groups in total. The summed E-state index contributed by atoms with van der Waals surface area (Å²) in [5.41, 5.74) is 1.62. The number of aliphatic hydroxyl groups is 1. The van der Waals surface area contributed by atoms with Crippen LogP contribution < -0.4 is 0 Å². The molecule has 19 heavy (non-hydrogen) atoms. The monoisotopic (exact) mass is 268 g/mol. The molecule has 0 aromatic carbocycles. The Bertz CT molecular complexity index is 424. The van der Waals surface area contributed by atoms with Crippen LogP contribution in [0.5, 0.6) is 0 Å². The largest absolute Gasteiger partial charge is 0.396 e. The van der Waals surface area contributed by atoms with Gasteiger partial charge in [-0.3, -0.25) is 4.79 Å².